The molecule has 1 saturated carbocycles. The molecule has 1 aromatic rings. The Hall–Kier alpha value is -1.99. The third kappa shape index (κ3) is 6.27. The van der Waals surface area contributed by atoms with E-state index in [1.807, 2.05) is 13.0 Å². The second-order valence-corrected chi connectivity index (χ2v) is 9.39. The van der Waals surface area contributed by atoms with E-state index in [2.05, 4.69) is 11.6 Å². The van der Waals surface area contributed by atoms with Crippen LogP contribution in [0.4, 0.5) is 9.59 Å². The number of aromatic nitrogens is 1. The molecule has 6 nitrogen and oxygen atoms in total. The highest BCUT2D eigenvalue weighted by atomic mass is 35.5. The van der Waals surface area contributed by atoms with Crippen molar-refractivity contribution in [3.05, 3.63) is 46.7 Å². The topological polar surface area (TPSA) is 68.7 Å². The zero-order chi connectivity index (χ0) is 21.1. The van der Waals surface area contributed by atoms with Crippen molar-refractivity contribution in [3.63, 3.8) is 0 Å². The predicted molar refractivity (Wildman–Crippen MR) is 112 cm³/mol. The standard InChI is InChI=1S/C20H25ClN2O4S/c1-13(21)16(28-14(2)15-8-7-11-22-12-15)23(17(24)26-19(3,4)5)18(25)27-20(6)9-10-20/h7-8,11-12H,2,9-10H2,1,3-6H3/b16-13+. The SMILES string of the molecule is C=C(S/C(=C(\C)Cl)N(C(=O)OC(C)(C)C)C(=O)OC1(C)CC1)c1cccnc1. The van der Waals surface area contributed by atoms with Gasteiger partial charge in [-0.1, -0.05) is 36.0 Å². The van der Waals surface area contributed by atoms with Gasteiger partial charge in [-0.3, -0.25) is 4.98 Å². The van der Waals surface area contributed by atoms with Gasteiger partial charge in [-0.25, -0.2) is 9.59 Å². The average molecular weight is 425 g/mol. The molecule has 1 aliphatic carbocycles. The predicted octanol–water partition coefficient (Wildman–Crippen LogP) is 6.14. The first kappa shape index (κ1) is 22.3. The van der Waals surface area contributed by atoms with Crippen molar-refractivity contribution in [2.24, 2.45) is 0 Å². The van der Waals surface area contributed by atoms with Gasteiger partial charge in [0.2, 0.25) is 0 Å². The fourth-order valence-corrected chi connectivity index (χ4v) is 3.11. The first-order valence-corrected chi connectivity index (χ1v) is 10.0. The van der Waals surface area contributed by atoms with Gasteiger partial charge in [-0.2, -0.15) is 4.90 Å². The number of halogens is 1. The number of carbonyl (C=O) groups excluding carboxylic acids is 2. The lowest BCUT2D eigenvalue weighted by Gasteiger charge is -2.28. The Morgan fingerprint density at radius 3 is 2.43 bits per heavy atom. The fourth-order valence-electron chi connectivity index (χ4n) is 2.06. The molecule has 2 amide bonds. The number of thioether (sulfide) groups is 1. The van der Waals surface area contributed by atoms with E-state index >= 15 is 0 Å². The van der Waals surface area contributed by atoms with Crippen molar-refractivity contribution in [2.45, 2.75) is 58.7 Å². The summed E-state index contributed by atoms with van der Waals surface area (Å²) < 4.78 is 10.9. The molecule has 0 unspecified atom stereocenters. The molecule has 1 fully saturated rings. The maximum atomic E-state index is 12.8. The van der Waals surface area contributed by atoms with Gasteiger partial charge in [0.05, 0.1) is 0 Å². The highest BCUT2D eigenvalue weighted by molar-refractivity contribution is 8.11. The van der Waals surface area contributed by atoms with Crippen molar-refractivity contribution < 1.29 is 19.1 Å². The van der Waals surface area contributed by atoms with Crippen molar-refractivity contribution in [3.8, 4) is 0 Å². The maximum absolute atomic E-state index is 12.8. The largest absolute Gasteiger partial charge is 0.443 e. The molecule has 0 aliphatic heterocycles. The number of allylic oxidation sites excluding steroid dienone is 1. The van der Waals surface area contributed by atoms with E-state index in [9.17, 15) is 9.59 Å². The van der Waals surface area contributed by atoms with Gasteiger partial charge in [0.1, 0.15) is 16.2 Å². The van der Waals surface area contributed by atoms with Crippen LogP contribution >= 0.6 is 23.4 Å². The quantitative estimate of drug-likeness (QED) is 0.565. The highest BCUT2D eigenvalue weighted by Crippen LogP contribution is 2.42. The Labute approximate surface area is 174 Å². The van der Waals surface area contributed by atoms with E-state index < -0.39 is 23.4 Å². The van der Waals surface area contributed by atoms with Crippen LogP contribution in [0, 0.1) is 0 Å². The van der Waals surface area contributed by atoms with Crippen LogP contribution in [0.1, 0.15) is 53.0 Å². The molecule has 152 valence electrons. The van der Waals surface area contributed by atoms with Gasteiger partial charge in [0, 0.05) is 27.9 Å². The lowest BCUT2D eigenvalue weighted by Crippen LogP contribution is -2.41. The lowest BCUT2D eigenvalue weighted by molar-refractivity contribution is 0.0220. The Balaban J connectivity index is 2.33. The number of amides is 2. The first-order chi connectivity index (χ1) is 12.9. The minimum Gasteiger partial charge on any atom is -0.443 e. The number of nitrogens with zero attached hydrogens (tertiary/aromatic N) is 2. The number of carbonyl (C=O) groups is 2. The summed E-state index contributed by atoms with van der Waals surface area (Å²) in [5, 5.41) is 0.415. The summed E-state index contributed by atoms with van der Waals surface area (Å²) in [6.45, 7) is 12.6. The Kier molecular flexibility index (Phi) is 6.83. The Morgan fingerprint density at radius 2 is 1.96 bits per heavy atom. The van der Waals surface area contributed by atoms with Crippen molar-refractivity contribution in [1.82, 2.24) is 9.88 Å². The van der Waals surface area contributed by atoms with E-state index in [1.54, 1.807) is 46.2 Å². The summed E-state index contributed by atoms with van der Waals surface area (Å²) in [6, 6.07) is 3.59. The van der Waals surface area contributed by atoms with Crippen LogP contribution in [-0.2, 0) is 9.47 Å². The molecule has 1 aromatic heterocycles. The summed E-state index contributed by atoms with van der Waals surface area (Å²) in [6.07, 6.45) is 3.09. The normalized spacial score (nSPS) is 15.9. The molecule has 0 radical (unpaired) electrons. The first-order valence-electron chi connectivity index (χ1n) is 8.81. The summed E-state index contributed by atoms with van der Waals surface area (Å²) in [5.74, 6) is 0. The van der Waals surface area contributed by atoms with Crippen LogP contribution in [0.15, 0.2) is 41.2 Å². The number of hydrogen-bond acceptors (Lipinski definition) is 6. The van der Waals surface area contributed by atoms with Crippen molar-refractivity contribution in [2.75, 3.05) is 0 Å². The second-order valence-electron chi connectivity index (χ2n) is 7.74. The minimum absolute atomic E-state index is 0.180. The number of imide groups is 1. The molecule has 0 N–H and O–H groups in total. The van der Waals surface area contributed by atoms with Crippen LogP contribution in [-0.4, -0.2) is 33.3 Å². The molecule has 0 saturated heterocycles. The molecular weight excluding hydrogens is 400 g/mol. The fraction of sp³-hybridized carbons (Fsp3) is 0.450. The van der Waals surface area contributed by atoms with Gasteiger partial charge in [0.15, 0.2) is 0 Å². The van der Waals surface area contributed by atoms with E-state index in [4.69, 9.17) is 21.1 Å². The van der Waals surface area contributed by atoms with Gasteiger partial charge >= 0.3 is 12.2 Å². The smallest absolute Gasteiger partial charge is 0.425 e. The molecule has 0 spiro atoms. The number of pyridine rings is 1. The average Bonchev–Trinajstić information content (AvgIpc) is 3.29. The molecule has 8 heteroatoms. The van der Waals surface area contributed by atoms with Crippen LogP contribution in [0.2, 0.25) is 0 Å². The number of hydrogen-bond donors (Lipinski definition) is 0. The molecule has 0 aromatic carbocycles. The van der Waals surface area contributed by atoms with Crippen LogP contribution < -0.4 is 0 Å². The maximum Gasteiger partial charge on any atom is 0.425 e. The highest BCUT2D eigenvalue weighted by Gasteiger charge is 2.45. The van der Waals surface area contributed by atoms with Crippen molar-refractivity contribution in [1.29, 1.82) is 0 Å². The number of rotatable bonds is 5. The third-order valence-electron chi connectivity index (χ3n) is 3.75. The summed E-state index contributed by atoms with van der Waals surface area (Å²) in [5.41, 5.74) is -0.613. The van der Waals surface area contributed by atoms with E-state index in [0.717, 1.165) is 35.1 Å². The second kappa shape index (κ2) is 8.57. The van der Waals surface area contributed by atoms with Crippen LogP contribution in [0.3, 0.4) is 0 Å². The molecule has 1 aliphatic rings. The Bertz CT molecular complexity index is 775. The molecule has 0 bridgehead atoms. The van der Waals surface area contributed by atoms with Crippen LogP contribution in [0.5, 0.6) is 0 Å². The minimum atomic E-state index is -0.858. The molecule has 28 heavy (non-hydrogen) atoms. The zero-order valence-electron chi connectivity index (χ0n) is 16.7. The molecular formula is C20H25ClN2O4S. The monoisotopic (exact) mass is 424 g/mol. The van der Waals surface area contributed by atoms with Gasteiger partial charge in [-0.05, 0) is 53.5 Å². The molecule has 0 atom stereocenters. The van der Waals surface area contributed by atoms with Gasteiger partial charge in [0.25, 0.3) is 0 Å². The lowest BCUT2D eigenvalue weighted by atomic mass is 10.2. The van der Waals surface area contributed by atoms with Crippen LogP contribution in [0.25, 0.3) is 4.91 Å². The van der Waals surface area contributed by atoms with E-state index in [1.165, 1.54) is 0 Å². The number of ether oxygens (including phenoxy) is 2. The third-order valence-corrected chi connectivity index (χ3v) is 5.20. The van der Waals surface area contributed by atoms with Crippen molar-refractivity contribution >= 4 is 40.5 Å². The van der Waals surface area contributed by atoms with E-state index in [-0.39, 0.29) is 10.1 Å². The molecule has 2 rings (SSSR count). The van der Waals surface area contributed by atoms with Gasteiger partial charge in [-0.15, -0.1) is 0 Å². The summed E-state index contributed by atoms with van der Waals surface area (Å²) in [7, 11) is 0. The zero-order valence-corrected chi connectivity index (χ0v) is 18.3. The van der Waals surface area contributed by atoms with Gasteiger partial charge < -0.3 is 9.47 Å². The summed E-state index contributed by atoms with van der Waals surface area (Å²) in [4.78, 5) is 31.1. The summed E-state index contributed by atoms with van der Waals surface area (Å²) >= 11 is 7.34. The Morgan fingerprint density at radius 1 is 1.32 bits per heavy atom. The molecule has 1 heterocycles. The van der Waals surface area contributed by atoms with E-state index in [0.29, 0.717) is 4.91 Å².